The van der Waals surface area contributed by atoms with Gasteiger partial charge in [-0.25, -0.2) is 0 Å². The number of morpholine rings is 1. The van der Waals surface area contributed by atoms with Gasteiger partial charge in [0.05, 0.1) is 24.5 Å². The molecule has 27 heavy (non-hydrogen) atoms. The molecule has 1 unspecified atom stereocenters. The highest BCUT2D eigenvalue weighted by Gasteiger charge is 2.22. The van der Waals surface area contributed by atoms with Gasteiger partial charge in [0.1, 0.15) is 0 Å². The topological polar surface area (TPSA) is 84.7 Å². The van der Waals surface area contributed by atoms with E-state index in [0.29, 0.717) is 37.6 Å². The first-order valence-electron chi connectivity index (χ1n) is 8.71. The summed E-state index contributed by atoms with van der Waals surface area (Å²) in [5, 5.41) is 2.83. The number of rotatable bonds is 5. The largest absolute Gasteiger partial charge is 0.378 e. The van der Waals surface area contributed by atoms with Crippen molar-refractivity contribution in [3.05, 3.63) is 65.7 Å². The maximum atomic E-state index is 12.7. The van der Waals surface area contributed by atoms with E-state index in [1.165, 1.54) is 0 Å². The van der Waals surface area contributed by atoms with Gasteiger partial charge in [-0.3, -0.25) is 9.59 Å². The summed E-state index contributed by atoms with van der Waals surface area (Å²) in [4.78, 5) is 26.9. The van der Waals surface area contributed by atoms with Crippen LogP contribution in [0.25, 0.3) is 0 Å². The molecule has 0 aromatic heterocycles. The molecule has 0 aliphatic carbocycles. The third-order valence-corrected chi connectivity index (χ3v) is 4.36. The number of anilines is 1. The molecular weight excluding hydrogens is 366 g/mol. The van der Waals surface area contributed by atoms with Crippen molar-refractivity contribution >= 4 is 29.9 Å². The molecule has 0 bridgehead atoms. The quantitative estimate of drug-likeness (QED) is 0.823. The van der Waals surface area contributed by atoms with Crippen LogP contribution in [-0.2, 0) is 9.53 Å². The van der Waals surface area contributed by atoms with E-state index in [4.69, 9.17) is 10.5 Å². The Hall–Kier alpha value is -2.41. The number of amides is 2. The van der Waals surface area contributed by atoms with E-state index in [1.807, 2.05) is 30.3 Å². The molecular formula is C20H24ClN3O3. The van der Waals surface area contributed by atoms with Gasteiger partial charge in [0.25, 0.3) is 5.91 Å². The maximum absolute atomic E-state index is 12.7. The summed E-state index contributed by atoms with van der Waals surface area (Å²) in [5.74, 6) is -0.319. The Morgan fingerprint density at radius 3 is 2.37 bits per heavy atom. The third-order valence-electron chi connectivity index (χ3n) is 4.36. The van der Waals surface area contributed by atoms with Crippen LogP contribution in [0, 0.1) is 0 Å². The first kappa shape index (κ1) is 20.9. The number of hydrogen-bond acceptors (Lipinski definition) is 4. The number of carbonyl (C=O) groups is 2. The van der Waals surface area contributed by atoms with Gasteiger partial charge in [-0.05, 0) is 17.7 Å². The van der Waals surface area contributed by atoms with Gasteiger partial charge in [-0.15, -0.1) is 12.4 Å². The Labute approximate surface area is 165 Å². The summed E-state index contributed by atoms with van der Waals surface area (Å²) in [6.45, 7) is 2.18. The Bertz CT molecular complexity index is 764. The molecule has 2 aromatic rings. The summed E-state index contributed by atoms with van der Waals surface area (Å²) in [5.41, 5.74) is 8.01. The van der Waals surface area contributed by atoms with Crippen molar-refractivity contribution in [2.75, 3.05) is 31.6 Å². The molecule has 1 heterocycles. The SMILES string of the molecule is Cl.NC(CC(=O)Nc1ccccc1C(=O)N1CCOCC1)c1ccccc1. The second-order valence-electron chi connectivity index (χ2n) is 6.22. The minimum atomic E-state index is -0.390. The lowest BCUT2D eigenvalue weighted by molar-refractivity contribution is -0.116. The van der Waals surface area contributed by atoms with E-state index in [0.717, 1.165) is 5.56 Å². The standard InChI is InChI=1S/C20H23N3O3.ClH/c21-17(15-6-2-1-3-7-15)14-19(24)22-18-9-5-4-8-16(18)20(25)23-10-12-26-13-11-23;/h1-9,17H,10-14,21H2,(H,22,24);1H. The van der Waals surface area contributed by atoms with Crippen molar-refractivity contribution in [1.29, 1.82) is 0 Å². The van der Waals surface area contributed by atoms with Gasteiger partial charge in [-0.2, -0.15) is 0 Å². The maximum Gasteiger partial charge on any atom is 0.256 e. The fraction of sp³-hybridized carbons (Fsp3) is 0.300. The van der Waals surface area contributed by atoms with Crippen LogP contribution in [0.2, 0.25) is 0 Å². The molecule has 3 N–H and O–H groups in total. The van der Waals surface area contributed by atoms with Gasteiger partial charge in [0, 0.05) is 25.6 Å². The number of benzene rings is 2. The lowest BCUT2D eigenvalue weighted by Gasteiger charge is -2.27. The Morgan fingerprint density at radius 2 is 1.67 bits per heavy atom. The molecule has 144 valence electrons. The molecule has 0 saturated carbocycles. The number of hydrogen-bond donors (Lipinski definition) is 2. The Kier molecular flexibility index (Phi) is 7.79. The van der Waals surface area contributed by atoms with Gasteiger partial charge in [-0.1, -0.05) is 42.5 Å². The third kappa shape index (κ3) is 5.53. The molecule has 7 heteroatoms. The zero-order chi connectivity index (χ0) is 18.4. The van der Waals surface area contributed by atoms with Gasteiger partial charge in [0.15, 0.2) is 0 Å². The average molecular weight is 390 g/mol. The predicted octanol–water partition coefficient (Wildman–Crippen LogP) is 2.61. The van der Waals surface area contributed by atoms with E-state index >= 15 is 0 Å². The van der Waals surface area contributed by atoms with Crippen LogP contribution in [-0.4, -0.2) is 43.0 Å². The number of nitrogens with two attached hydrogens (primary N) is 1. The van der Waals surface area contributed by atoms with Crippen LogP contribution >= 0.6 is 12.4 Å². The second-order valence-corrected chi connectivity index (χ2v) is 6.22. The van der Waals surface area contributed by atoms with Gasteiger partial charge < -0.3 is 20.7 Å². The van der Waals surface area contributed by atoms with Crippen LogP contribution in [0.4, 0.5) is 5.69 Å². The fourth-order valence-electron chi connectivity index (χ4n) is 2.93. The smallest absolute Gasteiger partial charge is 0.256 e. The van der Waals surface area contributed by atoms with E-state index in [9.17, 15) is 9.59 Å². The fourth-order valence-corrected chi connectivity index (χ4v) is 2.93. The second kappa shape index (κ2) is 10.1. The molecule has 0 radical (unpaired) electrons. The lowest BCUT2D eigenvalue weighted by Crippen LogP contribution is -2.41. The molecule has 1 fully saturated rings. The lowest BCUT2D eigenvalue weighted by atomic mass is 10.0. The molecule has 3 rings (SSSR count). The first-order valence-corrected chi connectivity index (χ1v) is 8.71. The van der Waals surface area contributed by atoms with Crippen LogP contribution in [0.15, 0.2) is 54.6 Å². The predicted molar refractivity (Wildman–Crippen MR) is 107 cm³/mol. The number of carbonyl (C=O) groups excluding carboxylic acids is 2. The number of para-hydroxylation sites is 1. The monoisotopic (exact) mass is 389 g/mol. The van der Waals surface area contributed by atoms with Crippen molar-refractivity contribution in [3.63, 3.8) is 0 Å². The first-order chi connectivity index (χ1) is 12.6. The summed E-state index contributed by atoms with van der Waals surface area (Å²) >= 11 is 0. The van der Waals surface area contributed by atoms with Crippen LogP contribution in [0.5, 0.6) is 0 Å². The molecule has 1 atom stereocenters. The molecule has 1 saturated heterocycles. The molecule has 1 aliphatic rings. The zero-order valence-electron chi connectivity index (χ0n) is 15.0. The van der Waals surface area contributed by atoms with Crippen molar-refractivity contribution < 1.29 is 14.3 Å². The van der Waals surface area contributed by atoms with Gasteiger partial charge >= 0.3 is 0 Å². The summed E-state index contributed by atoms with van der Waals surface area (Å²) in [6.07, 6.45) is 0.143. The highest BCUT2D eigenvalue weighted by molar-refractivity contribution is 6.03. The van der Waals surface area contributed by atoms with E-state index < -0.39 is 6.04 Å². The number of nitrogens with zero attached hydrogens (tertiary/aromatic N) is 1. The number of nitrogens with one attached hydrogen (secondary N) is 1. The Morgan fingerprint density at radius 1 is 1.04 bits per heavy atom. The molecule has 6 nitrogen and oxygen atoms in total. The molecule has 1 aliphatic heterocycles. The van der Waals surface area contributed by atoms with Crippen molar-refractivity contribution in [3.8, 4) is 0 Å². The summed E-state index contributed by atoms with van der Waals surface area (Å²) in [6, 6.07) is 16.1. The zero-order valence-corrected chi connectivity index (χ0v) is 15.8. The number of halogens is 1. The van der Waals surface area contributed by atoms with Gasteiger partial charge in [0.2, 0.25) is 5.91 Å². The van der Waals surface area contributed by atoms with Crippen molar-refractivity contribution in [2.45, 2.75) is 12.5 Å². The number of ether oxygens (including phenoxy) is 1. The molecule has 2 aromatic carbocycles. The highest BCUT2D eigenvalue weighted by Crippen LogP contribution is 2.20. The Balaban J connectivity index is 0.00000261. The van der Waals surface area contributed by atoms with Crippen molar-refractivity contribution in [2.24, 2.45) is 5.73 Å². The van der Waals surface area contributed by atoms with E-state index in [1.54, 1.807) is 29.2 Å². The van der Waals surface area contributed by atoms with Crippen LogP contribution < -0.4 is 11.1 Å². The highest BCUT2D eigenvalue weighted by atomic mass is 35.5. The minimum absolute atomic E-state index is 0. The van der Waals surface area contributed by atoms with Crippen molar-refractivity contribution in [1.82, 2.24) is 4.90 Å². The van der Waals surface area contributed by atoms with Crippen LogP contribution in [0.1, 0.15) is 28.4 Å². The average Bonchev–Trinajstić information content (AvgIpc) is 2.69. The summed E-state index contributed by atoms with van der Waals surface area (Å²) < 4.78 is 5.29. The van der Waals surface area contributed by atoms with Crippen LogP contribution in [0.3, 0.4) is 0 Å². The van der Waals surface area contributed by atoms with E-state index in [-0.39, 0.29) is 30.6 Å². The summed E-state index contributed by atoms with van der Waals surface area (Å²) in [7, 11) is 0. The molecule has 0 spiro atoms. The van der Waals surface area contributed by atoms with E-state index in [2.05, 4.69) is 5.32 Å². The normalized spacial score (nSPS) is 14.8. The minimum Gasteiger partial charge on any atom is -0.378 e. The molecule has 2 amide bonds.